The van der Waals surface area contributed by atoms with Crippen LogP contribution in [0.3, 0.4) is 0 Å². The van der Waals surface area contributed by atoms with E-state index in [0.717, 1.165) is 0 Å². The average molecular weight is 300 g/mol. The Labute approximate surface area is 125 Å². The zero-order chi connectivity index (χ0) is 15.8. The third-order valence-electron chi connectivity index (χ3n) is 3.25. The van der Waals surface area contributed by atoms with Crippen LogP contribution in [0.1, 0.15) is 20.8 Å². The first-order valence-electron chi connectivity index (χ1n) is 7.22. The van der Waals surface area contributed by atoms with Crippen LogP contribution in [0.25, 0.3) is 0 Å². The van der Waals surface area contributed by atoms with Crippen LogP contribution in [0.15, 0.2) is 0 Å². The predicted octanol–water partition coefficient (Wildman–Crippen LogP) is -0.107. The van der Waals surface area contributed by atoms with E-state index in [9.17, 15) is 14.4 Å². The number of hydrogen-bond donors (Lipinski definition) is 0. The molecule has 0 spiro atoms. The summed E-state index contributed by atoms with van der Waals surface area (Å²) in [5.74, 6) is -0.796. The van der Waals surface area contributed by atoms with Gasteiger partial charge < -0.3 is 9.47 Å². The maximum absolute atomic E-state index is 11.6. The molecule has 0 aromatic rings. The maximum atomic E-state index is 11.6. The number of carbonyl (C=O) groups is 3. The Balaban J connectivity index is 2.61. The Hall–Kier alpha value is -1.47. The van der Waals surface area contributed by atoms with Crippen LogP contribution in [0, 0.1) is 5.92 Å². The van der Waals surface area contributed by atoms with E-state index in [1.54, 1.807) is 13.8 Å². The fourth-order valence-corrected chi connectivity index (χ4v) is 2.34. The van der Waals surface area contributed by atoms with Crippen molar-refractivity contribution in [2.75, 3.05) is 46.1 Å². The summed E-state index contributed by atoms with van der Waals surface area (Å²) < 4.78 is 9.84. The highest BCUT2D eigenvalue weighted by atomic mass is 16.5. The molecule has 1 rings (SSSR count). The Kier molecular flexibility index (Phi) is 7.31. The zero-order valence-corrected chi connectivity index (χ0v) is 13.0. The van der Waals surface area contributed by atoms with Gasteiger partial charge in [0.2, 0.25) is 0 Å². The molecule has 0 radical (unpaired) electrons. The minimum atomic E-state index is -0.321. The third-order valence-corrected chi connectivity index (χ3v) is 3.25. The van der Waals surface area contributed by atoms with Crippen LogP contribution < -0.4 is 0 Å². The SMILES string of the molecule is CCOC(=O)CN1CC(C(C)=O)CN(CC(=O)OCC)C1. The highest BCUT2D eigenvalue weighted by Gasteiger charge is 2.30. The molecule has 7 nitrogen and oxygen atoms in total. The standard InChI is InChI=1S/C14H24N2O5/c1-4-20-13(18)8-15-6-12(11(3)17)7-16(10-15)9-14(19)21-5-2/h12H,4-10H2,1-3H3. The molecule has 0 aromatic carbocycles. The first-order valence-corrected chi connectivity index (χ1v) is 7.22. The second-order valence-corrected chi connectivity index (χ2v) is 5.08. The number of esters is 2. The lowest BCUT2D eigenvalue weighted by Crippen LogP contribution is -2.54. The van der Waals surface area contributed by atoms with Crippen molar-refractivity contribution >= 4 is 17.7 Å². The largest absolute Gasteiger partial charge is 0.465 e. The minimum Gasteiger partial charge on any atom is -0.465 e. The molecule has 21 heavy (non-hydrogen) atoms. The molecule has 120 valence electrons. The van der Waals surface area contributed by atoms with Crippen LogP contribution in [0.2, 0.25) is 0 Å². The minimum absolute atomic E-state index is 0.0532. The number of Topliss-reactive ketones (excluding diaryl/α,β-unsaturated/α-hetero) is 1. The van der Waals surface area contributed by atoms with Gasteiger partial charge in [0, 0.05) is 19.0 Å². The average Bonchev–Trinajstić information content (AvgIpc) is 2.38. The van der Waals surface area contributed by atoms with Gasteiger partial charge >= 0.3 is 11.9 Å². The molecule has 0 amide bonds. The summed E-state index contributed by atoms with van der Waals surface area (Å²) in [5, 5.41) is 0. The van der Waals surface area contributed by atoms with Crippen molar-refractivity contribution in [3.05, 3.63) is 0 Å². The van der Waals surface area contributed by atoms with Crippen LogP contribution >= 0.6 is 0 Å². The van der Waals surface area contributed by atoms with Crippen LogP contribution in [0.4, 0.5) is 0 Å². The van der Waals surface area contributed by atoms with Gasteiger partial charge in [-0.3, -0.25) is 24.2 Å². The summed E-state index contributed by atoms with van der Waals surface area (Å²) in [6.07, 6.45) is 0. The third kappa shape index (κ3) is 6.22. The van der Waals surface area contributed by atoms with Crippen molar-refractivity contribution in [2.45, 2.75) is 20.8 Å². The fourth-order valence-electron chi connectivity index (χ4n) is 2.34. The van der Waals surface area contributed by atoms with E-state index in [1.807, 2.05) is 9.80 Å². The van der Waals surface area contributed by atoms with Crippen molar-refractivity contribution in [3.63, 3.8) is 0 Å². The molecule has 0 unspecified atom stereocenters. The van der Waals surface area contributed by atoms with Crippen molar-refractivity contribution in [3.8, 4) is 0 Å². The molecule has 1 aliphatic rings. The van der Waals surface area contributed by atoms with Gasteiger partial charge in [-0.25, -0.2) is 0 Å². The van der Waals surface area contributed by atoms with Crippen molar-refractivity contribution in [1.29, 1.82) is 0 Å². The first kappa shape index (κ1) is 17.6. The van der Waals surface area contributed by atoms with Gasteiger partial charge in [-0.15, -0.1) is 0 Å². The summed E-state index contributed by atoms with van der Waals surface area (Å²) in [4.78, 5) is 38.4. The maximum Gasteiger partial charge on any atom is 0.320 e. The smallest absolute Gasteiger partial charge is 0.320 e. The lowest BCUT2D eigenvalue weighted by atomic mass is 10.0. The molecule has 7 heteroatoms. The van der Waals surface area contributed by atoms with E-state index in [-0.39, 0.29) is 36.7 Å². The zero-order valence-electron chi connectivity index (χ0n) is 13.0. The van der Waals surface area contributed by atoms with Crippen LogP contribution in [-0.4, -0.2) is 73.6 Å². The Bertz CT molecular complexity index is 358. The van der Waals surface area contributed by atoms with Gasteiger partial charge in [-0.1, -0.05) is 0 Å². The van der Waals surface area contributed by atoms with E-state index >= 15 is 0 Å². The molecule has 1 fully saturated rings. The fraction of sp³-hybridized carbons (Fsp3) is 0.786. The topological polar surface area (TPSA) is 76.2 Å². The molecular formula is C14H24N2O5. The van der Waals surface area contributed by atoms with E-state index < -0.39 is 0 Å². The summed E-state index contributed by atoms with van der Waals surface area (Å²) in [7, 11) is 0. The second kappa shape index (κ2) is 8.74. The first-order chi connectivity index (χ1) is 9.96. The summed E-state index contributed by atoms with van der Waals surface area (Å²) in [5.41, 5.74) is 0. The van der Waals surface area contributed by atoms with E-state index in [2.05, 4.69) is 0 Å². The molecule has 0 aliphatic carbocycles. The Morgan fingerprint density at radius 1 is 0.952 bits per heavy atom. The molecule has 0 aromatic heterocycles. The molecule has 0 saturated carbocycles. The van der Waals surface area contributed by atoms with Gasteiger partial charge in [-0.2, -0.15) is 0 Å². The lowest BCUT2D eigenvalue weighted by Gasteiger charge is -2.38. The summed E-state index contributed by atoms with van der Waals surface area (Å²) in [6, 6.07) is 0. The van der Waals surface area contributed by atoms with Crippen LogP contribution in [0.5, 0.6) is 0 Å². The molecule has 0 atom stereocenters. The highest BCUT2D eigenvalue weighted by Crippen LogP contribution is 2.13. The number of carbonyl (C=O) groups excluding carboxylic acids is 3. The number of hydrogen-bond acceptors (Lipinski definition) is 7. The van der Waals surface area contributed by atoms with E-state index in [1.165, 1.54) is 6.92 Å². The summed E-state index contributed by atoms with van der Waals surface area (Å²) >= 11 is 0. The molecule has 1 heterocycles. The molecule has 0 bridgehead atoms. The number of rotatable bonds is 7. The number of ketones is 1. The van der Waals surface area contributed by atoms with Crippen molar-refractivity contribution < 1.29 is 23.9 Å². The monoisotopic (exact) mass is 300 g/mol. The van der Waals surface area contributed by atoms with Gasteiger partial charge in [0.05, 0.1) is 33.0 Å². The van der Waals surface area contributed by atoms with Crippen LogP contribution in [-0.2, 0) is 23.9 Å². The summed E-state index contributed by atoms with van der Waals surface area (Å²) in [6.45, 7) is 7.39. The van der Waals surface area contributed by atoms with Gasteiger partial charge in [0.25, 0.3) is 0 Å². The van der Waals surface area contributed by atoms with Gasteiger partial charge in [0.15, 0.2) is 0 Å². The number of ether oxygens (including phenoxy) is 2. The molecular weight excluding hydrogens is 276 g/mol. The molecule has 1 aliphatic heterocycles. The normalized spacial score (nSPS) is 17.5. The number of nitrogens with zero attached hydrogens (tertiary/aromatic N) is 2. The molecule has 1 saturated heterocycles. The van der Waals surface area contributed by atoms with Gasteiger partial charge in [0.1, 0.15) is 5.78 Å². The van der Waals surface area contributed by atoms with Crippen molar-refractivity contribution in [1.82, 2.24) is 9.80 Å². The highest BCUT2D eigenvalue weighted by molar-refractivity contribution is 5.79. The molecule has 0 N–H and O–H groups in total. The van der Waals surface area contributed by atoms with E-state index in [0.29, 0.717) is 33.0 Å². The van der Waals surface area contributed by atoms with Gasteiger partial charge in [-0.05, 0) is 20.8 Å². The van der Waals surface area contributed by atoms with E-state index in [4.69, 9.17) is 9.47 Å². The lowest BCUT2D eigenvalue weighted by molar-refractivity contribution is -0.149. The van der Waals surface area contributed by atoms with Crippen molar-refractivity contribution in [2.24, 2.45) is 5.92 Å². The quantitative estimate of drug-likeness (QED) is 0.607. The predicted molar refractivity (Wildman–Crippen MR) is 75.5 cm³/mol. The Morgan fingerprint density at radius 2 is 1.38 bits per heavy atom. The Morgan fingerprint density at radius 3 is 1.71 bits per heavy atom. The second-order valence-electron chi connectivity index (χ2n) is 5.08.